The summed E-state index contributed by atoms with van der Waals surface area (Å²) in [4.78, 5) is 44.6. The predicted octanol–water partition coefficient (Wildman–Crippen LogP) is 2.74. The number of nitrogens with zero attached hydrogens (tertiary/aromatic N) is 4. The van der Waals surface area contributed by atoms with Crippen molar-refractivity contribution in [3.05, 3.63) is 59.0 Å². The zero-order valence-electron chi connectivity index (χ0n) is 18.9. The highest BCUT2D eigenvalue weighted by Crippen LogP contribution is 2.16. The lowest BCUT2D eigenvalue weighted by atomic mass is 10.1. The van der Waals surface area contributed by atoms with Gasteiger partial charge in [0.25, 0.3) is 11.9 Å². The molecular weight excluding hydrogens is 426 g/mol. The number of rotatable bonds is 9. The van der Waals surface area contributed by atoms with Crippen LogP contribution in [0.2, 0.25) is 0 Å². The molecule has 3 aromatic rings. The van der Waals surface area contributed by atoms with Crippen molar-refractivity contribution in [2.75, 3.05) is 18.5 Å². The second-order valence-corrected chi connectivity index (χ2v) is 7.33. The van der Waals surface area contributed by atoms with Crippen molar-refractivity contribution in [3.63, 3.8) is 0 Å². The standard InChI is InChI=1S/C23H25N5O5/c1-5-19(29)17-6-8-18(9-7-17)32-13-22(31)33-12-21(30)26-20-11-16(4)27-28(20)23-24-14(2)10-15(3)25-23/h6-11H,5,12-13H2,1-4H3,(H,26,30). The minimum absolute atomic E-state index is 0.0209. The smallest absolute Gasteiger partial charge is 0.344 e. The summed E-state index contributed by atoms with van der Waals surface area (Å²) in [6.07, 6.45) is 0.409. The quantitative estimate of drug-likeness (QED) is 0.389. The minimum atomic E-state index is -0.707. The van der Waals surface area contributed by atoms with Crippen molar-refractivity contribution >= 4 is 23.5 Å². The summed E-state index contributed by atoms with van der Waals surface area (Å²) < 4.78 is 11.7. The first-order valence-electron chi connectivity index (χ1n) is 10.4. The van der Waals surface area contributed by atoms with E-state index in [1.54, 1.807) is 44.2 Å². The van der Waals surface area contributed by atoms with Gasteiger partial charge in [-0.1, -0.05) is 6.92 Å². The Kier molecular flexibility index (Phi) is 7.50. The minimum Gasteiger partial charge on any atom is -0.482 e. The molecule has 0 atom stereocenters. The van der Waals surface area contributed by atoms with Gasteiger partial charge in [-0.3, -0.25) is 9.59 Å². The average molecular weight is 451 g/mol. The van der Waals surface area contributed by atoms with E-state index in [0.29, 0.717) is 35.2 Å². The van der Waals surface area contributed by atoms with E-state index in [0.717, 1.165) is 11.4 Å². The fraction of sp³-hybridized carbons (Fsp3) is 0.304. The Labute approximate surface area is 191 Å². The van der Waals surface area contributed by atoms with Gasteiger partial charge in [0, 0.05) is 29.4 Å². The number of hydrogen-bond acceptors (Lipinski definition) is 8. The van der Waals surface area contributed by atoms with Crippen LogP contribution >= 0.6 is 0 Å². The lowest BCUT2D eigenvalue weighted by molar-refractivity contribution is -0.149. The van der Waals surface area contributed by atoms with Gasteiger partial charge in [-0.05, 0) is 51.1 Å². The van der Waals surface area contributed by atoms with Crippen molar-refractivity contribution in [1.82, 2.24) is 19.7 Å². The first-order valence-corrected chi connectivity index (χ1v) is 10.4. The number of aromatic nitrogens is 4. The van der Waals surface area contributed by atoms with Crippen molar-refractivity contribution < 1.29 is 23.9 Å². The molecular formula is C23H25N5O5. The molecule has 0 saturated carbocycles. The SMILES string of the molecule is CCC(=O)c1ccc(OCC(=O)OCC(=O)Nc2cc(C)nn2-c2nc(C)cc(C)n2)cc1. The van der Waals surface area contributed by atoms with Crippen LogP contribution in [0.15, 0.2) is 36.4 Å². The Hall–Kier alpha value is -4.08. The van der Waals surface area contributed by atoms with Crippen LogP contribution in [0.3, 0.4) is 0 Å². The van der Waals surface area contributed by atoms with E-state index in [-0.39, 0.29) is 12.4 Å². The molecule has 3 rings (SSSR count). The number of ketones is 1. The number of hydrogen-bond donors (Lipinski definition) is 1. The highest BCUT2D eigenvalue weighted by atomic mass is 16.6. The molecule has 1 amide bonds. The number of amides is 1. The fourth-order valence-corrected chi connectivity index (χ4v) is 2.99. The van der Waals surface area contributed by atoms with Gasteiger partial charge in [0.1, 0.15) is 11.6 Å². The van der Waals surface area contributed by atoms with Crippen LogP contribution < -0.4 is 10.1 Å². The summed E-state index contributed by atoms with van der Waals surface area (Å²) >= 11 is 0. The molecule has 0 aliphatic heterocycles. The second kappa shape index (κ2) is 10.5. The lowest BCUT2D eigenvalue weighted by Crippen LogP contribution is -2.25. The van der Waals surface area contributed by atoms with E-state index >= 15 is 0 Å². The van der Waals surface area contributed by atoms with Crippen LogP contribution in [0.4, 0.5) is 5.82 Å². The third-order valence-corrected chi connectivity index (χ3v) is 4.48. The van der Waals surface area contributed by atoms with Crippen LogP contribution in [0.25, 0.3) is 5.95 Å². The van der Waals surface area contributed by atoms with Crippen molar-refractivity contribution in [2.45, 2.75) is 34.1 Å². The molecule has 0 unspecified atom stereocenters. The van der Waals surface area contributed by atoms with E-state index in [1.807, 2.05) is 19.9 Å². The molecule has 0 fully saturated rings. The average Bonchev–Trinajstić information content (AvgIpc) is 3.15. The molecule has 0 aliphatic rings. The molecule has 172 valence electrons. The number of ether oxygens (including phenoxy) is 2. The number of carbonyl (C=O) groups excluding carboxylic acids is 3. The Bertz CT molecular complexity index is 1150. The number of aryl methyl sites for hydroxylation is 3. The topological polar surface area (TPSA) is 125 Å². The predicted molar refractivity (Wildman–Crippen MR) is 120 cm³/mol. The van der Waals surface area contributed by atoms with E-state index in [2.05, 4.69) is 20.4 Å². The first kappa shape index (κ1) is 23.6. The van der Waals surface area contributed by atoms with Crippen LogP contribution in [0, 0.1) is 20.8 Å². The molecule has 0 radical (unpaired) electrons. The van der Waals surface area contributed by atoms with Crippen molar-refractivity contribution in [1.29, 1.82) is 0 Å². The number of esters is 1. The number of benzene rings is 1. The molecule has 10 nitrogen and oxygen atoms in total. The van der Waals surface area contributed by atoms with Gasteiger partial charge in [-0.2, -0.15) is 9.78 Å². The van der Waals surface area contributed by atoms with E-state index < -0.39 is 18.5 Å². The van der Waals surface area contributed by atoms with Crippen molar-refractivity contribution in [2.24, 2.45) is 0 Å². The Morgan fingerprint density at radius 2 is 1.61 bits per heavy atom. The Balaban J connectivity index is 1.52. The summed E-state index contributed by atoms with van der Waals surface area (Å²) in [5, 5.41) is 6.98. The summed E-state index contributed by atoms with van der Waals surface area (Å²) in [7, 11) is 0. The summed E-state index contributed by atoms with van der Waals surface area (Å²) in [6, 6.07) is 9.95. The molecule has 0 bridgehead atoms. The van der Waals surface area contributed by atoms with Gasteiger partial charge < -0.3 is 14.8 Å². The van der Waals surface area contributed by atoms with E-state index in [9.17, 15) is 14.4 Å². The summed E-state index contributed by atoms with van der Waals surface area (Å²) in [5.74, 6) is -0.133. The lowest BCUT2D eigenvalue weighted by Gasteiger charge is -2.10. The first-order chi connectivity index (χ1) is 15.7. The molecule has 1 N–H and O–H groups in total. The molecule has 0 aliphatic carbocycles. The molecule has 33 heavy (non-hydrogen) atoms. The molecule has 1 aromatic carbocycles. The molecule has 2 aromatic heterocycles. The van der Waals surface area contributed by atoms with E-state index in [4.69, 9.17) is 9.47 Å². The third kappa shape index (κ3) is 6.45. The fourth-order valence-electron chi connectivity index (χ4n) is 2.99. The third-order valence-electron chi connectivity index (χ3n) is 4.48. The molecule has 2 heterocycles. The summed E-state index contributed by atoms with van der Waals surface area (Å²) in [5.41, 5.74) is 2.77. The van der Waals surface area contributed by atoms with Gasteiger partial charge in [0.15, 0.2) is 19.0 Å². The van der Waals surface area contributed by atoms with Crippen LogP contribution in [-0.2, 0) is 14.3 Å². The molecule has 10 heteroatoms. The van der Waals surface area contributed by atoms with Gasteiger partial charge >= 0.3 is 5.97 Å². The Morgan fingerprint density at radius 1 is 0.939 bits per heavy atom. The number of Topliss-reactive ketones (excluding diaryl/α,β-unsaturated/α-hetero) is 1. The maximum Gasteiger partial charge on any atom is 0.344 e. The largest absolute Gasteiger partial charge is 0.482 e. The maximum atomic E-state index is 12.3. The van der Waals surface area contributed by atoms with Gasteiger partial charge in [0.05, 0.1) is 5.69 Å². The van der Waals surface area contributed by atoms with E-state index in [1.165, 1.54) is 4.68 Å². The second-order valence-electron chi connectivity index (χ2n) is 7.33. The maximum absolute atomic E-state index is 12.3. The monoisotopic (exact) mass is 451 g/mol. The Morgan fingerprint density at radius 3 is 2.24 bits per heavy atom. The highest BCUT2D eigenvalue weighted by Gasteiger charge is 2.15. The van der Waals surface area contributed by atoms with Crippen molar-refractivity contribution in [3.8, 4) is 11.7 Å². The molecule has 0 spiro atoms. The van der Waals surface area contributed by atoms with Crippen LogP contribution in [-0.4, -0.2) is 50.6 Å². The van der Waals surface area contributed by atoms with Crippen LogP contribution in [0.1, 0.15) is 40.8 Å². The zero-order chi connectivity index (χ0) is 24.0. The van der Waals surface area contributed by atoms with Gasteiger partial charge in [-0.25, -0.2) is 14.8 Å². The van der Waals surface area contributed by atoms with Gasteiger partial charge in [0.2, 0.25) is 0 Å². The number of carbonyl (C=O) groups is 3. The molecule has 0 saturated heterocycles. The highest BCUT2D eigenvalue weighted by molar-refractivity contribution is 5.96. The van der Waals surface area contributed by atoms with Gasteiger partial charge in [-0.15, -0.1) is 0 Å². The zero-order valence-corrected chi connectivity index (χ0v) is 18.9. The number of anilines is 1. The summed E-state index contributed by atoms with van der Waals surface area (Å²) in [6.45, 7) is 6.37. The number of nitrogens with one attached hydrogen (secondary N) is 1. The normalized spacial score (nSPS) is 10.5. The van der Waals surface area contributed by atoms with Crippen LogP contribution in [0.5, 0.6) is 5.75 Å².